The fourth-order valence-corrected chi connectivity index (χ4v) is 6.28. The molecule has 1 N–H and O–H groups in total. The van der Waals surface area contributed by atoms with E-state index in [9.17, 15) is 8.42 Å². The number of ether oxygens (including phenoxy) is 3. The number of sulfone groups is 1. The van der Waals surface area contributed by atoms with E-state index in [1.165, 1.54) is 6.26 Å². The van der Waals surface area contributed by atoms with Gasteiger partial charge in [0, 0.05) is 29.7 Å². The van der Waals surface area contributed by atoms with Gasteiger partial charge >= 0.3 is 0 Å². The Labute approximate surface area is 221 Å². The standard InChI is InChI=1S/C29H29FN2O5S/c1-35-19-6-9-24-22(13-19)23-14-25-21-15-26(36-2)27(12-18(21)10-11-32(25)29(30)28(23)31-24)37-16-17-4-7-20(8-5-17)38(3,33)34/h4-9,12-13,15,25,29,31H,10-11,14,16H2,1-3H3. The molecule has 0 bridgehead atoms. The monoisotopic (exact) mass is 536 g/mol. The van der Waals surface area contributed by atoms with Crippen molar-refractivity contribution in [3.63, 3.8) is 0 Å². The molecule has 1 aromatic heterocycles. The van der Waals surface area contributed by atoms with Crippen molar-refractivity contribution in [3.05, 3.63) is 82.5 Å². The molecule has 0 saturated heterocycles. The van der Waals surface area contributed by atoms with Gasteiger partial charge in [0.05, 0.1) is 24.8 Å². The van der Waals surface area contributed by atoms with Gasteiger partial charge < -0.3 is 19.2 Å². The summed E-state index contributed by atoms with van der Waals surface area (Å²) in [7, 11) is -0.0228. The Bertz CT molecular complexity index is 1630. The Kier molecular flexibility index (Phi) is 6.07. The Balaban J connectivity index is 1.30. The zero-order valence-corrected chi connectivity index (χ0v) is 22.3. The van der Waals surface area contributed by atoms with Crippen LogP contribution in [0.2, 0.25) is 0 Å². The summed E-state index contributed by atoms with van der Waals surface area (Å²) in [5.74, 6) is 1.94. The highest BCUT2D eigenvalue weighted by Crippen LogP contribution is 2.48. The molecule has 7 nitrogen and oxygen atoms in total. The van der Waals surface area contributed by atoms with Gasteiger partial charge in [-0.2, -0.15) is 0 Å². The lowest BCUT2D eigenvalue weighted by molar-refractivity contribution is 0.0178. The average molecular weight is 537 g/mol. The van der Waals surface area contributed by atoms with Gasteiger partial charge in [-0.05, 0) is 77.6 Å². The van der Waals surface area contributed by atoms with Crippen molar-refractivity contribution < 1.29 is 27.0 Å². The molecule has 9 heteroatoms. The second-order valence-corrected chi connectivity index (χ2v) is 11.9. The second kappa shape index (κ2) is 9.32. The molecular weight excluding hydrogens is 507 g/mol. The topological polar surface area (TPSA) is 80.9 Å². The molecule has 2 aliphatic rings. The molecule has 0 saturated carbocycles. The predicted octanol–water partition coefficient (Wildman–Crippen LogP) is 5.29. The molecule has 2 atom stereocenters. The van der Waals surface area contributed by atoms with E-state index in [0.717, 1.165) is 38.9 Å². The number of rotatable bonds is 6. The first kappa shape index (κ1) is 24.8. The quantitative estimate of drug-likeness (QED) is 0.337. The van der Waals surface area contributed by atoms with Crippen LogP contribution in [-0.4, -0.2) is 45.3 Å². The number of benzene rings is 3. The van der Waals surface area contributed by atoms with Crippen LogP contribution >= 0.6 is 0 Å². The summed E-state index contributed by atoms with van der Waals surface area (Å²) < 4.78 is 56.5. The fourth-order valence-electron chi connectivity index (χ4n) is 5.65. The third-order valence-corrected chi connectivity index (χ3v) is 8.77. The van der Waals surface area contributed by atoms with Gasteiger partial charge in [-0.15, -0.1) is 0 Å². The van der Waals surface area contributed by atoms with Gasteiger partial charge in [0.15, 0.2) is 27.6 Å². The highest BCUT2D eigenvalue weighted by atomic mass is 32.2. The van der Waals surface area contributed by atoms with Crippen molar-refractivity contribution in [3.8, 4) is 17.2 Å². The van der Waals surface area contributed by atoms with Crippen molar-refractivity contribution in [2.75, 3.05) is 27.0 Å². The number of alkyl halides is 1. The zero-order valence-electron chi connectivity index (χ0n) is 21.5. The van der Waals surface area contributed by atoms with Crippen molar-refractivity contribution >= 4 is 20.7 Å². The van der Waals surface area contributed by atoms with E-state index in [1.54, 1.807) is 38.5 Å². The van der Waals surface area contributed by atoms with Gasteiger partial charge in [-0.1, -0.05) is 12.1 Å². The summed E-state index contributed by atoms with van der Waals surface area (Å²) in [5, 5.41) is 0.989. The van der Waals surface area contributed by atoms with Crippen LogP contribution in [0, 0.1) is 0 Å². The van der Waals surface area contributed by atoms with Gasteiger partial charge in [-0.25, -0.2) is 12.8 Å². The number of halogens is 1. The lowest BCUT2D eigenvalue weighted by atomic mass is 9.84. The molecule has 4 aromatic rings. The lowest BCUT2D eigenvalue weighted by Crippen LogP contribution is -2.41. The van der Waals surface area contributed by atoms with E-state index in [4.69, 9.17) is 14.2 Å². The van der Waals surface area contributed by atoms with Crippen molar-refractivity contribution in [1.29, 1.82) is 0 Å². The van der Waals surface area contributed by atoms with Crippen molar-refractivity contribution in [1.82, 2.24) is 9.88 Å². The summed E-state index contributed by atoms with van der Waals surface area (Å²) in [5.41, 5.74) is 5.52. The van der Waals surface area contributed by atoms with E-state index in [1.807, 2.05) is 35.2 Å². The van der Waals surface area contributed by atoms with Gasteiger partial charge in [0.2, 0.25) is 0 Å². The van der Waals surface area contributed by atoms with Gasteiger partial charge in [0.1, 0.15) is 12.4 Å². The number of H-pyrrole nitrogens is 1. The lowest BCUT2D eigenvalue weighted by Gasteiger charge is -2.42. The molecule has 0 aliphatic carbocycles. The predicted molar refractivity (Wildman–Crippen MR) is 142 cm³/mol. The van der Waals surface area contributed by atoms with E-state index < -0.39 is 16.1 Å². The van der Waals surface area contributed by atoms with Crippen LogP contribution < -0.4 is 14.2 Å². The number of hydrogen-bond acceptors (Lipinski definition) is 6. The normalized spacial score (nSPS) is 18.9. The number of methoxy groups -OCH3 is 2. The molecule has 0 radical (unpaired) electrons. The summed E-state index contributed by atoms with van der Waals surface area (Å²) in [6.45, 7) is 0.859. The number of aromatic nitrogens is 1. The number of hydrogen-bond donors (Lipinski definition) is 1. The molecule has 2 unspecified atom stereocenters. The van der Waals surface area contributed by atoms with E-state index in [2.05, 4.69) is 4.98 Å². The first-order valence-electron chi connectivity index (χ1n) is 12.5. The van der Waals surface area contributed by atoms with E-state index in [-0.39, 0.29) is 17.5 Å². The van der Waals surface area contributed by atoms with Crippen LogP contribution in [0.1, 0.15) is 40.3 Å². The van der Waals surface area contributed by atoms with E-state index >= 15 is 4.39 Å². The summed E-state index contributed by atoms with van der Waals surface area (Å²) >= 11 is 0. The summed E-state index contributed by atoms with van der Waals surface area (Å²) in [4.78, 5) is 5.49. The fraction of sp³-hybridized carbons (Fsp3) is 0.310. The van der Waals surface area contributed by atoms with Crippen LogP contribution in [0.15, 0.2) is 59.5 Å². The SMILES string of the molecule is COc1ccc2[nH]c3c(c2c1)CC1c2cc(OC)c(OCc4ccc(S(C)(=O)=O)cc4)cc2CCN1C3F. The molecule has 3 heterocycles. The van der Waals surface area contributed by atoms with Crippen molar-refractivity contribution in [2.24, 2.45) is 0 Å². The molecule has 2 aliphatic heterocycles. The molecule has 0 fully saturated rings. The molecule has 38 heavy (non-hydrogen) atoms. The van der Waals surface area contributed by atoms with Gasteiger partial charge in [-0.3, -0.25) is 4.90 Å². The Hall–Kier alpha value is -3.56. The zero-order chi connectivity index (χ0) is 26.6. The van der Waals surface area contributed by atoms with Gasteiger partial charge in [0.25, 0.3) is 0 Å². The van der Waals surface area contributed by atoms with Crippen LogP contribution in [0.3, 0.4) is 0 Å². The largest absolute Gasteiger partial charge is 0.497 e. The van der Waals surface area contributed by atoms with Crippen LogP contribution in [0.25, 0.3) is 10.9 Å². The Morgan fingerprint density at radius 2 is 1.82 bits per heavy atom. The highest BCUT2D eigenvalue weighted by molar-refractivity contribution is 7.90. The minimum atomic E-state index is -3.25. The Morgan fingerprint density at radius 1 is 1.03 bits per heavy atom. The summed E-state index contributed by atoms with van der Waals surface area (Å²) in [6.07, 6.45) is 1.32. The molecular formula is C29H29FN2O5S. The van der Waals surface area contributed by atoms with Crippen LogP contribution in [-0.2, 0) is 29.3 Å². The summed E-state index contributed by atoms with van der Waals surface area (Å²) in [6, 6.07) is 16.3. The molecule has 3 aromatic carbocycles. The number of nitrogens with zero attached hydrogens (tertiary/aromatic N) is 1. The average Bonchev–Trinajstić information content (AvgIpc) is 3.29. The number of nitrogens with one attached hydrogen (secondary N) is 1. The Morgan fingerprint density at radius 3 is 2.53 bits per heavy atom. The first-order valence-corrected chi connectivity index (χ1v) is 14.4. The third kappa shape index (κ3) is 4.19. The first-order chi connectivity index (χ1) is 18.3. The van der Waals surface area contributed by atoms with Crippen LogP contribution in [0.4, 0.5) is 4.39 Å². The maximum Gasteiger partial charge on any atom is 0.195 e. The third-order valence-electron chi connectivity index (χ3n) is 7.64. The van der Waals surface area contributed by atoms with Crippen molar-refractivity contribution in [2.45, 2.75) is 36.7 Å². The maximum absolute atomic E-state index is 15.9. The minimum absolute atomic E-state index is 0.127. The van der Waals surface area contributed by atoms with Crippen LogP contribution in [0.5, 0.6) is 17.2 Å². The molecule has 0 amide bonds. The molecule has 6 rings (SSSR count). The minimum Gasteiger partial charge on any atom is -0.497 e. The number of aromatic amines is 1. The molecule has 0 spiro atoms. The molecule has 198 valence electrons. The number of fused-ring (bicyclic) bond motifs is 6. The maximum atomic E-state index is 15.9. The highest BCUT2D eigenvalue weighted by Gasteiger charge is 2.41. The second-order valence-electron chi connectivity index (χ2n) is 9.88. The smallest absolute Gasteiger partial charge is 0.195 e. The van der Waals surface area contributed by atoms with E-state index in [0.29, 0.717) is 36.6 Å².